The summed E-state index contributed by atoms with van der Waals surface area (Å²) in [5, 5.41) is 9.01. The van der Waals surface area contributed by atoms with Gasteiger partial charge < -0.3 is 9.84 Å². The van der Waals surface area contributed by atoms with E-state index in [2.05, 4.69) is 32.0 Å². The predicted octanol–water partition coefficient (Wildman–Crippen LogP) is 5.18. The molecule has 2 aromatic rings. The predicted molar refractivity (Wildman–Crippen MR) is 113 cm³/mol. The van der Waals surface area contributed by atoms with Crippen LogP contribution in [0.1, 0.15) is 59.8 Å². The fourth-order valence-electron chi connectivity index (χ4n) is 4.30. The molecular weight excluding hydrogens is 364 g/mol. The fraction of sp³-hybridized carbons (Fsp3) is 0.280. The zero-order valence-electron chi connectivity index (χ0n) is 16.9. The van der Waals surface area contributed by atoms with Gasteiger partial charge in [-0.1, -0.05) is 50.3 Å². The summed E-state index contributed by atoms with van der Waals surface area (Å²) in [5.41, 5.74) is 6.66. The van der Waals surface area contributed by atoms with Crippen LogP contribution in [0, 0.1) is 5.92 Å². The standard InChI is InChI=1S/C25H24O4/c1-4-29-24(28)22-19-14-25(2,3)20-12-9-16(13-18(20)21(19)22)6-5-15-7-10-17(11-8-15)23(26)27/h5-13,19H,4,14H2,1-3H3,(H,26,27). The van der Waals surface area contributed by atoms with Gasteiger partial charge in [0.1, 0.15) is 0 Å². The molecule has 0 saturated carbocycles. The van der Waals surface area contributed by atoms with E-state index in [1.807, 2.05) is 19.1 Å². The van der Waals surface area contributed by atoms with Crippen LogP contribution in [0.5, 0.6) is 0 Å². The molecule has 0 aromatic heterocycles. The third-order valence-corrected chi connectivity index (χ3v) is 5.80. The summed E-state index contributed by atoms with van der Waals surface area (Å²) in [7, 11) is 0. The van der Waals surface area contributed by atoms with E-state index in [-0.39, 0.29) is 22.9 Å². The summed E-state index contributed by atoms with van der Waals surface area (Å²) in [6.45, 7) is 6.67. The average Bonchev–Trinajstić information content (AvgIpc) is 3.40. The molecule has 2 aliphatic carbocycles. The number of fused-ring (bicyclic) bond motifs is 3. The molecule has 0 fully saturated rings. The van der Waals surface area contributed by atoms with Gasteiger partial charge in [0.15, 0.2) is 0 Å². The Balaban J connectivity index is 1.65. The number of carbonyl (C=O) groups is 2. The number of carboxylic acid groups (broad SMARTS) is 1. The zero-order valence-corrected chi connectivity index (χ0v) is 16.9. The highest BCUT2D eigenvalue weighted by Gasteiger charge is 2.50. The molecule has 29 heavy (non-hydrogen) atoms. The smallest absolute Gasteiger partial charge is 0.335 e. The number of carbonyl (C=O) groups excluding carboxylic acids is 1. The molecule has 0 radical (unpaired) electrons. The molecule has 0 heterocycles. The van der Waals surface area contributed by atoms with Crippen molar-refractivity contribution in [1.82, 2.24) is 0 Å². The van der Waals surface area contributed by atoms with Crippen LogP contribution in [-0.4, -0.2) is 23.7 Å². The molecule has 0 bridgehead atoms. The van der Waals surface area contributed by atoms with Crippen LogP contribution in [-0.2, 0) is 14.9 Å². The molecule has 2 aliphatic rings. The lowest BCUT2D eigenvalue weighted by molar-refractivity contribution is -0.138. The van der Waals surface area contributed by atoms with E-state index in [9.17, 15) is 9.59 Å². The van der Waals surface area contributed by atoms with Gasteiger partial charge >= 0.3 is 11.9 Å². The maximum absolute atomic E-state index is 12.3. The SMILES string of the molecule is CCOC(=O)C1=C2c3cc(C=Cc4ccc(C(=O)O)cc4)ccc3C(C)(C)CC12. The van der Waals surface area contributed by atoms with Crippen LogP contribution >= 0.6 is 0 Å². The summed E-state index contributed by atoms with van der Waals surface area (Å²) in [6.07, 6.45) is 4.92. The second-order valence-corrected chi connectivity index (χ2v) is 8.25. The van der Waals surface area contributed by atoms with Gasteiger partial charge in [-0.2, -0.15) is 0 Å². The Labute approximate surface area is 170 Å². The molecule has 0 amide bonds. The van der Waals surface area contributed by atoms with Gasteiger partial charge in [0.25, 0.3) is 0 Å². The van der Waals surface area contributed by atoms with Gasteiger partial charge in [-0.3, -0.25) is 0 Å². The lowest BCUT2D eigenvalue weighted by atomic mass is 9.72. The zero-order chi connectivity index (χ0) is 20.8. The lowest BCUT2D eigenvalue weighted by Crippen LogP contribution is -2.24. The average molecular weight is 388 g/mol. The molecule has 148 valence electrons. The minimum atomic E-state index is -0.928. The number of hydrogen-bond acceptors (Lipinski definition) is 3. The van der Waals surface area contributed by atoms with Crippen LogP contribution in [0.15, 0.2) is 48.0 Å². The first kappa shape index (κ1) is 19.2. The molecule has 0 spiro atoms. The van der Waals surface area contributed by atoms with E-state index >= 15 is 0 Å². The third kappa shape index (κ3) is 3.51. The number of esters is 1. The van der Waals surface area contributed by atoms with Gasteiger partial charge in [-0.25, -0.2) is 9.59 Å². The maximum Gasteiger partial charge on any atom is 0.335 e. The van der Waals surface area contributed by atoms with Crippen LogP contribution in [0.4, 0.5) is 0 Å². The highest BCUT2D eigenvalue weighted by Crippen LogP contribution is 2.59. The number of aromatic carboxylic acids is 1. The minimum Gasteiger partial charge on any atom is -0.478 e. The van der Waals surface area contributed by atoms with E-state index in [0.29, 0.717) is 6.61 Å². The number of hydrogen-bond donors (Lipinski definition) is 1. The van der Waals surface area contributed by atoms with E-state index in [4.69, 9.17) is 9.84 Å². The van der Waals surface area contributed by atoms with E-state index in [1.165, 1.54) is 5.56 Å². The Bertz CT molecular complexity index is 1050. The Morgan fingerprint density at radius 2 is 1.76 bits per heavy atom. The van der Waals surface area contributed by atoms with Crippen molar-refractivity contribution < 1.29 is 19.4 Å². The van der Waals surface area contributed by atoms with Crippen molar-refractivity contribution in [3.63, 3.8) is 0 Å². The van der Waals surface area contributed by atoms with Crippen molar-refractivity contribution in [2.75, 3.05) is 6.61 Å². The second-order valence-electron chi connectivity index (χ2n) is 8.25. The van der Waals surface area contributed by atoms with Gasteiger partial charge in [-0.05, 0) is 64.8 Å². The second kappa shape index (κ2) is 7.03. The van der Waals surface area contributed by atoms with Crippen molar-refractivity contribution in [2.45, 2.75) is 32.6 Å². The van der Waals surface area contributed by atoms with Gasteiger partial charge in [-0.15, -0.1) is 0 Å². The normalized spacial score (nSPS) is 18.9. The summed E-state index contributed by atoms with van der Waals surface area (Å²) in [6, 6.07) is 13.2. The number of benzene rings is 2. The maximum atomic E-state index is 12.3. The Kier molecular flexibility index (Phi) is 4.65. The highest BCUT2D eigenvalue weighted by molar-refractivity contribution is 6.11. The largest absolute Gasteiger partial charge is 0.478 e. The topological polar surface area (TPSA) is 63.6 Å². The van der Waals surface area contributed by atoms with Crippen LogP contribution in [0.2, 0.25) is 0 Å². The van der Waals surface area contributed by atoms with Gasteiger partial charge in [0.05, 0.1) is 12.2 Å². The minimum absolute atomic E-state index is 0.00660. The Morgan fingerprint density at radius 1 is 1.10 bits per heavy atom. The van der Waals surface area contributed by atoms with Crippen LogP contribution in [0.3, 0.4) is 0 Å². The lowest BCUT2D eigenvalue weighted by Gasteiger charge is -2.32. The molecule has 4 rings (SSSR count). The van der Waals surface area contributed by atoms with E-state index < -0.39 is 5.97 Å². The molecule has 1 unspecified atom stereocenters. The molecule has 4 nitrogen and oxygen atoms in total. The summed E-state index contributed by atoms with van der Waals surface area (Å²) in [4.78, 5) is 23.3. The highest BCUT2D eigenvalue weighted by atomic mass is 16.5. The van der Waals surface area contributed by atoms with Crippen molar-refractivity contribution in [1.29, 1.82) is 0 Å². The first-order chi connectivity index (χ1) is 13.8. The Hall–Kier alpha value is -3.14. The molecule has 1 N–H and O–H groups in total. The van der Waals surface area contributed by atoms with Gasteiger partial charge in [0, 0.05) is 11.5 Å². The molecule has 0 saturated heterocycles. The number of allylic oxidation sites excluding steroid dienone is 1. The molecule has 0 aliphatic heterocycles. The number of carboxylic acids is 1. The van der Waals surface area contributed by atoms with Gasteiger partial charge in [0.2, 0.25) is 0 Å². The molecule has 2 aromatic carbocycles. The van der Waals surface area contributed by atoms with Crippen molar-refractivity contribution >= 4 is 29.7 Å². The van der Waals surface area contributed by atoms with Crippen molar-refractivity contribution in [2.24, 2.45) is 5.92 Å². The first-order valence-corrected chi connectivity index (χ1v) is 9.89. The summed E-state index contributed by atoms with van der Waals surface area (Å²) in [5.74, 6) is -0.905. The van der Waals surface area contributed by atoms with Crippen LogP contribution < -0.4 is 0 Å². The third-order valence-electron chi connectivity index (χ3n) is 5.80. The summed E-state index contributed by atoms with van der Waals surface area (Å²) >= 11 is 0. The van der Waals surface area contributed by atoms with Crippen LogP contribution in [0.25, 0.3) is 17.7 Å². The van der Waals surface area contributed by atoms with Crippen molar-refractivity contribution in [3.8, 4) is 0 Å². The monoisotopic (exact) mass is 388 g/mol. The first-order valence-electron chi connectivity index (χ1n) is 9.89. The molecule has 4 heteroatoms. The summed E-state index contributed by atoms with van der Waals surface area (Å²) < 4.78 is 5.25. The number of rotatable bonds is 5. The fourth-order valence-corrected chi connectivity index (χ4v) is 4.30. The number of ether oxygens (including phenoxy) is 1. The molecular formula is C25H24O4. The van der Waals surface area contributed by atoms with Crippen molar-refractivity contribution in [3.05, 3.63) is 75.9 Å². The van der Waals surface area contributed by atoms with E-state index in [1.54, 1.807) is 24.3 Å². The Morgan fingerprint density at radius 3 is 2.41 bits per heavy atom. The molecule has 1 atom stereocenters. The quantitative estimate of drug-likeness (QED) is 0.566. The van der Waals surface area contributed by atoms with E-state index in [0.717, 1.165) is 34.3 Å².